The summed E-state index contributed by atoms with van der Waals surface area (Å²) in [6.45, 7) is 0. The number of carbonyl (C=O) groups excluding carboxylic acids is 1. The van der Waals surface area contributed by atoms with E-state index in [1.807, 2.05) is 0 Å². The van der Waals surface area contributed by atoms with Crippen molar-refractivity contribution in [1.29, 1.82) is 0 Å². The molecule has 100 valence electrons. The predicted octanol–water partition coefficient (Wildman–Crippen LogP) is 1.51. The minimum absolute atomic E-state index is 0.0253. The lowest BCUT2D eigenvalue weighted by atomic mass is 10.2. The molecule has 9 heteroatoms. The van der Waals surface area contributed by atoms with Crippen molar-refractivity contribution in [3.8, 4) is 0 Å². The number of nitrogens with zero attached hydrogens (tertiary/aromatic N) is 2. The summed E-state index contributed by atoms with van der Waals surface area (Å²) >= 11 is 0.652. The standard InChI is InChI=1S/C10H6F3N3O2S/c1-16-10(18)19-9(15-16)14-8(17)4-2-5(11)7(13)6(12)3-4/h2-3H,1H3,(H,14,15,17). The summed E-state index contributed by atoms with van der Waals surface area (Å²) in [5.74, 6) is -5.50. The van der Waals surface area contributed by atoms with Crippen LogP contribution in [0.2, 0.25) is 0 Å². The van der Waals surface area contributed by atoms with Crippen LogP contribution in [-0.4, -0.2) is 15.7 Å². The fourth-order valence-corrected chi connectivity index (χ4v) is 1.90. The Labute approximate surface area is 108 Å². The number of hydrogen-bond donors (Lipinski definition) is 1. The normalized spacial score (nSPS) is 10.5. The van der Waals surface area contributed by atoms with E-state index >= 15 is 0 Å². The first-order valence-electron chi connectivity index (χ1n) is 4.88. The van der Waals surface area contributed by atoms with Gasteiger partial charge < -0.3 is 0 Å². The Balaban J connectivity index is 2.27. The molecule has 0 aliphatic carbocycles. The van der Waals surface area contributed by atoms with Crippen LogP contribution < -0.4 is 10.2 Å². The molecule has 2 aromatic rings. The van der Waals surface area contributed by atoms with Gasteiger partial charge in [-0.15, -0.1) is 5.10 Å². The Morgan fingerprint density at radius 1 is 1.32 bits per heavy atom. The number of anilines is 1. The van der Waals surface area contributed by atoms with Crippen molar-refractivity contribution < 1.29 is 18.0 Å². The topological polar surface area (TPSA) is 64.0 Å². The zero-order chi connectivity index (χ0) is 14.2. The van der Waals surface area contributed by atoms with Gasteiger partial charge in [0.15, 0.2) is 17.5 Å². The average Bonchev–Trinajstić information content (AvgIpc) is 2.64. The van der Waals surface area contributed by atoms with Crippen molar-refractivity contribution >= 4 is 22.4 Å². The van der Waals surface area contributed by atoms with Gasteiger partial charge in [-0.1, -0.05) is 0 Å². The van der Waals surface area contributed by atoms with Crippen LogP contribution in [0.3, 0.4) is 0 Å². The van der Waals surface area contributed by atoms with Crippen LogP contribution in [0.15, 0.2) is 16.9 Å². The highest BCUT2D eigenvalue weighted by Crippen LogP contribution is 2.15. The molecular weight excluding hydrogens is 283 g/mol. The number of benzene rings is 1. The summed E-state index contributed by atoms with van der Waals surface area (Å²) in [5.41, 5.74) is -0.415. The van der Waals surface area contributed by atoms with E-state index in [-0.39, 0.29) is 5.13 Å². The van der Waals surface area contributed by atoms with E-state index in [1.54, 1.807) is 0 Å². The van der Waals surface area contributed by atoms with Crippen molar-refractivity contribution in [3.05, 3.63) is 44.8 Å². The Kier molecular flexibility index (Phi) is 3.38. The highest BCUT2D eigenvalue weighted by Gasteiger charge is 2.16. The monoisotopic (exact) mass is 289 g/mol. The Morgan fingerprint density at radius 2 is 1.89 bits per heavy atom. The highest BCUT2D eigenvalue weighted by atomic mass is 32.1. The van der Waals surface area contributed by atoms with Gasteiger partial charge in [0.2, 0.25) is 5.13 Å². The summed E-state index contributed by atoms with van der Waals surface area (Å²) in [7, 11) is 1.38. The molecule has 1 aromatic heterocycles. The fraction of sp³-hybridized carbons (Fsp3) is 0.100. The minimum Gasteiger partial charge on any atom is -0.296 e. The lowest BCUT2D eigenvalue weighted by Crippen LogP contribution is -2.13. The van der Waals surface area contributed by atoms with Crippen LogP contribution in [-0.2, 0) is 7.05 Å². The number of carbonyl (C=O) groups is 1. The number of aryl methyl sites for hydroxylation is 1. The Hall–Kier alpha value is -2.16. The molecule has 0 atom stereocenters. The van der Waals surface area contributed by atoms with Gasteiger partial charge in [-0.25, -0.2) is 17.9 Å². The van der Waals surface area contributed by atoms with Gasteiger partial charge in [0, 0.05) is 12.6 Å². The number of halogens is 3. The van der Waals surface area contributed by atoms with E-state index in [9.17, 15) is 22.8 Å². The van der Waals surface area contributed by atoms with Gasteiger partial charge in [0.1, 0.15) is 0 Å². The first-order chi connectivity index (χ1) is 8.88. The van der Waals surface area contributed by atoms with Crippen LogP contribution in [0.5, 0.6) is 0 Å². The molecule has 0 spiro atoms. The zero-order valence-corrected chi connectivity index (χ0v) is 10.2. The van der Waals surface area contributed by atoms with Gasteiger partial charge in [0.05, 0.1) is 0 Å². The summed E-state index contributed by atoms with van der Waals surface area (Å²) in [4.78, 5) is 22.3. The summed E-state index contributed by atoms with van der Waals surface area (Å²) in [5, 5.41) is 5.83. The van der Waals surface area contributed by atoms with Crippen molar-refractivity contribution in [2.24, 2.45) is 7.05 Å². The number of hydrogen-bond acceptors (Lipinski definition) is 4. The Morgan fingerprint density at radius 3 is 2.37 bits per heavy atom. The van der Waals surface area contributed by atoms with Gasteiger partial charge >= 0.3 is 4.87 Å². The van der Waals surface area contributed by atoms with Gasteiger partial charge in [-0.05, 0) is 23.5 Å². The molecule has 0 radical (unpaired) electrons. The Bertz CT molecular complexity index is 687. The summed E-state index contributed by atoms with van der Waals surface area (Å²) < 4.78 is 39.6. The summed E-state index contributed by atoms with van der Waals surface area (Å²) in [6, 6.07) is 1.11. The first-order valence-corrected chi connectivity index (χ1v) is 5.70. The van der Waals surface area contributed by atoms with E-state index in [0.717, 1.165) is 4.68 Å². The molecule has 2 rings (SSSR count). The maximum absolute atomic E-state index is 12.9. The number of rotatable bonds is 2. The molecule has 5 nitrogen and oxygen atoms in total. The summed E-state index contributed by atoms with van der Waals surface area (Å²) in [6.07, 6.45) is 0. The van der Waals surface area contributed by atoms with Crippen molar-refractivity contribution in [3.63, 3.8) is 0 Å². The molecule has 1 N–H and O–H groups in total. The number of amides is 1. The fourth-order valence-electron chi connectivity index (χ4n) is 1.25. The highest BCUT2D eigenvalue weighted by molar-refractivity contribution is 7.13. The van der Waals surface area contributed by atoms with E-state index in [2.05, 4.69) is 10.4 Å². The van der Waals surface area contributed by atoms with E-state index < -0.39 is 33.8 Å². The van der Waals surface area contributed by atoms with Crippen molar-refractivity contribution in [1.82, 2.24) is 9.78 Å². The molecule has 1 aromatic carbocycles. The first kappa shape index (κ1) is 13.3. The molecule has 0 saturated heterocycles. The van der Waals surface area contributed by atoms with Crippen molar-refractivity contribution in [2.45, 2.75) is 0 Å². The molecular formula is C10H6F3N3O2S. The lowest BCUT2D eigenvalue weighted by Gasteiger charge is -2.02. The van der Waals surface area contributed by atoms with Gasteiger partial charge in [-0.3, -0.25) is 14.9 Å². The third-order valence-corrected chi connectivity index (χ3v) is 2.97. The second-order valence-corrected chi connectivity index (χ2v) is 4.44. The molecule has 0 bridgehead atoms. The quantitative estimate of drug-likeness (QED) is 0.852. The van der Waals surface area contributed by atoms with Crippen LogP contribution in [0, 0.1) is 17.5 Å². The maximum Gasteiger partial charge on any atom is 0.326 e. The minimum atomic E-state index is -1.65. The molecule has 0 saturated carbocycles. The maximum atomic E-state index is 12.9. The molecule has 1 amide bonds. The largest absolute Gasteiger partial charge is 0.326 e. The SMILES string of the molecule is Cn1nc(NC(=O)c2cc(F)c(F)c(F)c2)sc1=O. The zero-order valence-electron chi connectivity index (χ0n) is 9.41. The molecule has 0 aliphatic heterocycles. The third kappa shape index (κ3) is 2.65. The average molecular weight is 289 g/mol. The molecule has 0 fully saturated rings. The third-order valence-electron chi connectivity index (χ3n) is 2.16. The molecule has 0 aliphatic rings. The number of nitrogens with one attached hydrogen (secondary N) is 1. The van der Waals surface area contributed by atoms with E-state index in [1.165, 1.54) is 7.05 Å². The van der Waals surface area contributed by atoms with Crippen LogP contribution in [0.4, 0.5) is 18.3 Å². The van der Waals surface area contributed by atoms with Crippen LogP contribution >= 0.6 is 11.3 Å². The van der Waals surface area contributed by atoms with Crippen molar-refractivity contribution in [2.75, 3.05) is 5.32 Å². The van der Waals surface area contributed by atoms with E-state index in [4.69, 9.17) is 0 Å². The smallest absolute Gasteiger partial charge is 0.296 e. The molecule has 19 heavy (non-hydrogen) atoms. The molecule has 0 unspecified atom stereocenters. The lowest BCUT2D eigenvalue weighted by molar-refractivity contribution is 0.102. The van der Waals surface area contributed by atoms with Gasteiger partial charge in [-0.2, -0.15) is 0 Å². The van der Waals surface area contributed by atoms with E-state index in [0.29, 0.717) is 23.5 Å². The second-order valence-electron chi connectivity index (χ2n) is 3.50. The second kappa shape index (κ2) is 4.84. The van der Waals surface area contributed by atoms with Gasteiger partial charge in [0.25, 0.3) is 5.91 Å². The molecule has 1 heterocycles. The number of aromatic nitrogens is 2. The predicted molar refractivity (Wildman–Crippen MR) is 61.6 cm³/mol. The van der Waals surface area contributed by atoms with Crippen LogP contribution in [0.1, 0.15) is 10.4 Å². The van der Waals surface area contributed by atoms with Crippen LogP contribution in [0.25, 0.3) is 0 Å².